The molecule has 2 aromatic rings. The summed E-state index contributed by atoms with van der Waals surface area (Å²) in [6.45, 7) is 3.57. The van der Waals surface area contributed by atoms with Gasteiger partial charge in [0.05, 0.1) is 10.0 Å². The minimum atomic E-state index is -0.298. The van der Waals surface area contributed by atoms with Gasteiger partial charge in [0.1, 0.15) is 6.54 Å². The first kappa shape index (κ1) is 16.4. The summed E-state index contributed by atoms with van der Waals surface area (Å²) in [7, 11) is 0. The van der Waals surface area contributed by atoms with Crippen molar-refractivity contribution >= 4 is 34.8 Å². The lowest BCUT2D eigenvalue weighted by molar-refractivity contribution is -0.116. The maximum absolute atomic E-state index is 12.1. The van der Waals surface area contributed by atoms with Crippen LogP contribution in [-0.2, 0) is 11.3 Å². The first-order valence-electron chi connectivity index (χ1n) is 6.44. The Bertz CT molecular complexity index is 751. The number of phenolic OH excluding ortho intramolecular Hbond substituents is 1. The molecule has 0 bridgehead atoms. The first-order chi connectivity index (χ1) is 10.3. The molecule has 0 saturated carbocycles. The van der Waals surface area contributed by atoms with Gasteiger partial charge >= 0.3 is 0 Å². The molecule has 0 unspecified atom stereocenters. The van der Waals surface area contributed by atoms with Gasteiger partial charge in [0.25, 0.3) is 0 Å². The zero-order chi connectivity index (χ0) is 16.4. The number of halogens is 2. The highest BCUT2D eigenvalue weighted by Crippen LogP contribution is 2.34. The zero-order valence-electron chi connectivity index (χ0n) is 12.0. The molecule has 0 spiro atoms. The number of carbonyl (C=O) groups is 1. The van der Waals surface area contributed by atoms with Crippen LogP contribution in [0.4, 0.5) is 5.69 Å². The summed E-state index contributed by atoms with van der Waals surface area (Å²) in [6.07, 6.45) is 0. The normalized spacial score (nSPS) is 10.5. The number of hydrogen-bond acceptors (Lipinski definition) is 3. The summed E-state index contributed by atoms with van der Waals surface area (Å²) in [4.78, 5) is 23.5. The molecule has 116 valence electrons. The van der Waals surface area contributed by atoms with Crippen LogP contribution in [0.2, 0.25) is 10.0 Å². The number of phenols is 1. The standard InChI is InChI=1S/C15H14Cl2N2O3/c1-8-3-11(20)4-9(2)19(8)7-14(21)18-10-5-12(16)15(22)13(17)6-10/h3-6,22H,7H2,1-2H3,(H,18,21). The minimum Gasteiger partial charge on any atom is -0.505 e. The molecule has 0 fully saturated rings. The van der Waals surface area contributed by atoms with Gasteiger partial charge in [-0.15, -0.1) is 0 Å². The van der Waals surface area contributed by atoms with E-state index in [0.29, 0.717) is 17.1 Å². The largest absolute Gasteiger partial charge is 0.505 e. The molecule has 5 nitrogen and oxygen atoms in total. The van der Waals surface area contributed by atoms with E-state index in [0.717, 1.165) is 0 Å². The van der Waals surface area contributed by atoms with E-state index in [1.165, 1.54) is 24.3 Å². The van der Waals surface area contributed by atoms with E-state index < -0.39 is 0 Å². The number of hydrogen-bond donors (Lipinski definition) is 2. The average molecular weight is 341 g/mol. The van der Waals surface area contributed by atoms with Crippen molar-refractivity contribution in [3.63, 3.8) is 0 Å². The summed E-state index contributed by atoms with van der Waals surface area (Å²) in [5, 5.41) is 12.2. The van der Waals surface area contributed by atoms with Crippen LogP contribution in [0, 0.1) is 13.8 Å². The molecule has 2 rings (SSSR count). The first-order valence-corrected chi connectivity index (χ1v) is 7.19. The number of rotatable bonds is 3. The fourth-order valence-electron chi connectivity index (χ4n) is 2.12. The van der Waals surface area contributed by atoms with E-state index in [1.54, 1.807) is 18.4 Å². The van der Waals surface area contributed by atoms with Gasteiger partial charge in [-0.1, -0.05) is 23.2 Å². The molecule has 22 heavy (non-hydrogen) atoms. The Morgan fingerprint density at radius 2 is 1.64 bits per heavy atom. The number of aromatic hydroxyl groups is 1. The van der Waals surface area contributed by atoms with Crippen LogP contribution in [0.3, 0.4) is 0 Å². The Morgan fingerprint density at radius 3 is 2.14 bits per heavy atom. The van der Waals surface area contributed by atoms with E-state index in [4.69, 9.17) is 23.2 Å². The minimum absolute atomic E-state index is 0.0497. The third-order valence-electron chi connectivity index (χ3n) is 3.16. The smallest absolute Gasteiger partial charge is 0.244 e. The number of aryl methyl sites for hydroxylation is 2. The molecule has 1 heterocycles. The molecule has 0 aliphatic heterocycles. The van der Waals surface area contributed by atoms with Crippen molar-refractivity contribution in [2.45, 2.75) is 20.4 Å². The van der Waals surface area contributed by atoms with Gasteiger partial charge in [0.15, 0.2) is 11.2 Å². The predicted octanol–water partition coefficient (Wildman–Crippen LogP) is 3.12. The van der Waals surface area contributed by atoms with Crippen molar-refractivity contribution in [1.82, 2.24) is 4.57 Å². The van der Waals surface area contributed by atoms with Crippen molar-refractivity contribution in [3.8, 4) is 5.75 Å². The lowest BCUT2D eigenvalue weighted by Crippen LogP contribution is -2.23. The Hall–Kier alpha value is -1.98. The van der Waals surface area contributed by atoms with E-state index in [2.05, 4.69) is 5.32 Å². The zero-order valence-corrected chi connectivity index (χ0v) is 13.5. The summed E-state index contributed by atoms with van der Waals surface area (Å²) in [5.74, 6) is -0.527. The van der Waals surface area contributed by atoms with Crippen molar-refractivity contribution in [2.24, 2.45) is 0 Å². The van der Waals surface area contributed by atoms with E-state index >= 15 is 0 Å². The molecule has 1 amide bonds. The molecule has 0 aliphatic carbocycles. The second-order valence-electron chi connectivity index (χ2n) is 4.90. The predicted molar refractivity (Wildman–Crippen MR) is 86.9 cm³/mol. The maximum atomic E-state index is 12.1. The van der Waals surface area contributed by atoms with Crippen LogP contribution in [0.5, 0.6) is 5.75 Å². The fraction of sp³-hybridized carbons (Fsp3) is 0.200. The summed E-state index contributed by atoms with van der Waals surface area (Å²) >= 11 is 11.6. The Labute approximate surface area is 137 Å². The number of nitrogens with one attached hydrogen (secondary N) is 1. The third kappa shape index (κ3) is 3.61. The molecule has 0 atom stereocenters. The second kappa shape index (κ2) is 6.42. The van der Waals surface area contributed by atoms with E-state index in [9.17, 15) is 14.7 Å². The number of pyridine rings is 1. The van der Waals surface area contributed by atoms with Gasteiger partial charge in [0, 0.05) is 29.2 Å². The molecule has 7 heteroatoms. The summed E-state index contributed by atoms with van der Waals surface area (Å²) in [6, 6.07) is 5.75. The highest BCUT2D eigenvalue weighted by Gasteiger charge is 2.11. The number of anilines is 1. The van der Waals surface area contributed by atoms with Gasteiger partial charge in [-0.05, 0) is 26.0 Å². The fourth-order valence-corrected chi connectivity index (χ4v) is 2.61. The van der Waals surface area contributed by atoms with Gasteiger partial charge in [-0.25, -0.2) is 0 Å². The molecular formula is C15H14Cl2N2O3. The number of carbonyl (C=O) groups excluding carboxylic acids is 1. The lowest BCUT2D eigenvalue weighted by Gasteiger charge is -2.14. The van der Waals surface area contributed by atoms with Crippen LogP contribution < -0.4 is 10.7 Å². The van der Waals surface area contributed by atoms with Gasteiger partial charge in [-0.3, -0.25) is 9.59 Å². The average Bonchev–Trinajstić information content (AvgIpc) is 2.40. The SMILES string of the molecule is Cc1cc(=O)cc(C)n1CC(=O)Nc1cc(Cl)c(O)c(Cl)c1. The molecular weight excluding hydrogens is 327 g/mol. The van der Waals surface area contributed by atoms with Crippen LogP contribution >= 0.6 is 23.2 Å². The highest BCUT2D eigenvalue weighted by atomic mass is 35.5. The summed E-state index contributed by atoms with van der Waals surface area (Å²) < 4.78 is 1.72. The van der Waals surface area contributed by atoms with Crippen molar-refractivity contribution in [1.29, 1.82) is 0 Å². The number of amides is 1. The third-order valence-corrected chi connectivity index (χ3v) is 3.73. The monoisotopic (exact) mass is 340 g/mol. The number of nitrogens with zero attached hydrogens (tertiary/aromatic N) is 1. The van der Waals surface area contributed by atoms with Gasteiger partial charge < -0.3 is 15.0 Å². The van der Waals surface area contributed by atoms with Crippen LogP contribution in [0.1, 0.15) is 11.4 Å². The molecule has 0 radical (unpaired) electrons. The molecule has 0 saturated heterocycles. The quantitative estimate of drug-likeness (QED) is 0.843. The number of aromatic nitrogens is 1. The van der Waals surface area contributed by atoms with Crippen LogP contribution in [0.15, 0.2) is 29.1 Å². The molecule has 2 N–H and O–H groups in total. The maximum Gasteiger partial charge on any atom is 0.244 e. The molecule has 1 aromatic heterocycles. The summed E-state index contributed by atoms with van der Waals surface area (Å²) in [5.41, 5.74) is 1.68. The van der Waals surface area contributed by atoms with Gasteiger partial charge in [0.2, 0.25) is 5.91 Å². The van der Waals surface area contributed by atoms with Crippen LogP contribution in [0.25, 0.3) is 0 Å². The number of benzene rings is 1. The lowest BCUT2D eigenvalue weighted by atomic mass is 10.2. The second-order valence-corrected chi connectivity index (χ2v) is 5.71. The van der Waals surface area contributed by atoms with Crippen molar-refractivity contribution in [3.05, 3.63) is 55.9 Å². The van der Waals surface area contributed by atoms with Crippen molar-refractivity contribution < 1.29 is 9.90 Å². The Kier molecular flexibility index (Phi) is 4.78. The van der Waals surface area contributed by atoms with Crippen LogP contribution in [-0.4, -0.2) is 15.6 Å². The highest BCUT2D eigenvalue weighted by molar-refractivity contribution is 6.37. The molecule has 1 aromatic carbocycles. The Morgan fingerprint density at radius 1 is 1.14 bits per heavy atom. The molecule has 0 aliphatic rings. The topological polar surface area (TPSA) is 71.3 Å². The van der Waals surface area contributed by atoms with E-state index in [-0.39, 0.29) is 33.7 Å². The van der Waals surface area contributed by atoms with Gasteiger partial charge in [-0.2, -0.15) is 0 Å². The van der Waals surface area contributed by atoms with E-state index in [1.807, 2.05) is 0 Å². The Balaban J connectivity index is 2.19. The van der Waals surface area contributed by atoms with Crippen molar-refractivity contribution in [2.75, 3.05) is 5.32 Å².